The lowest BCUT2D eigenvalue weighted by Gasteiger charge is -2.23. The first-order chi connectivity index (χ1) is 9.34. The average Bonchev–Trinajstić information content (AvgIpc) is 2.20. The molecule has 0 saturated carbocycles. The summed E-state index contributed by atoms with van der Waals surface area (Å²) in [6.45, 7) is 0.953. The summed E-state index contributed by atoms with van der Waals surface area (Å²) in [5.41, 5.74) is -1.78. The van der Waals surface area contributed by atoms with Gasteiger partial charge in [-0.25, -0.2) is 4.98 Å². The van der Waals surface area contributed by atoms with Crippen molar-refractivity contribution in [3.05, 3.63) is 21.1 Å². The number of hydrogen-bond acceptors (Lipinski definition) is 5. The number of aryl methyl sites for hydroxylation is 1. The third-order valence-corrected chi connectivity index (χ3v) is 2.17. The number of rotatable bonds is 3. The summed E-state index contributed by atoms with van der Waals surface area (Å²) in [5.74, 6) is -1.52. The molecule has 0 aliphatic heterocycles. The molecule has 0 saturated heterocycles. The second-order valence-electron chi connectivity index (χ2n) is 3.57. The van der Waals surface area contributed by atoms with Crippen LogP contribution in [0.15, 0.2) is 0 Å². The molecule has 0 spiro atoms. The molecule has 0 aliphatic rings. The van der Waals surface area contributed by atoms with Gasteiger partial charge in [-0.1, -0.05) is 0 Å². The quantitative estimate of drug-likeness (QED) is 0.366. The minimum atomic E-state index is -5.85. The monoisotopic (exact) mass is 339 g/mol. The molecular formula is C8H4ClF6N3O3. The van der Waals surface area contributed by atoms with Crippen LogP contribution in [0, 0.1) is 17.0 Å². The number of nitrogens with zero attached hydrogens (tertiary/aromatic N) is 3. The molecule has 0 atom stereocenters. The van der Waals surface area contributed by atoms with Crippen LogP contribution in [-0.4, -0.2) is 33.3 Å². The Morgan fingerprint density at radius 1 is 1.19 bits per heavy atom. The van der Waals surface area contributed by atoms with Crippen LogP contribution in [0.25, 0.3) is 0 Å². The van der Waals surface area contributed by atoms with Gasteiger partial charge in [0.1, 0.15) is 5.69 Å². The van der Waals surface area contributed by atoms with Crippen LogP contribution in [-0.2, 0) is 0 Å². The molecule has 21 heavy (non-hydrogen) atoms. The first-order valence-corrected chi connectivity index (χ1v) is 5.20. The van der Waals surface area contributed by atoms with Crippen molar-refractivity contribution in [3.8, 4) is 5.88 Å². The lowest BCUT2D eigenvalue weighted by atomic mass is 10.3. The Balaban J connectivity index is 3.37. The maximum atomic E-state index is 12.3. The fourth-order valence-corrected chi connectivity index (χ4v) is 1.43. The Kier molecular flexibility index (Phi) is 4.51. The lowest BCUT2D eigenvalue weighted by Crippen LogP contribution is -2.46. The van der Waals surface area contributed by atoms with Gasteiger partial charge in [0.15, 0.2) is 0 Å². The van der Waals surface area contributed by atoms with E-state index >= 15 is 0 Å². The zero-order valence-corrected chi connectivity index (χ0v) is 10.5. The van der Waals surface area contributed by atoms with Gasteiger partial charge in [-0.05, 0) is 18.5 Å². The summed E-state index contributed by atoms with van der Waals surface area (Å²) in [6, 6.07) is 0. The molecule has 1 heterocycles. The van der Waals surface area contributed by atoms with Gasteiger partial charge in [-0.2, -0.15) is 31.3 Å². The van der Waals surface area contributed by atoms with Gasteiger partial charge in [-0.15, -0.1) is 0 Å². The second kappa shape index (κ2) is 5.50. The van der Waals surface area contributed by atoms with Crippen molar-refractivity contribution in [1.82, 2.24) is 9.97 Å². The van der Waals surface area contributed by atoms with Crippen molar-refractivity contribution in [1.29, 1.82) is 0 Å². The highest BCUT2D eigenvalue weighted by atomic mass is 35.5. The molecule has 0 radical (unpaired) electrons. The molecule has 0 aromatic carbocycles. The van der Waals surface area contributed by atoms with Crippen LogP contribution in [0.1, 0.15) is 5.69 Å². The van der Waals surface area contributed by atoms with Gasteiger partial charge in [0.2, 0.25) is 5.28 Å². The maximum Gasteiger partial charge on any atom is 0.434 e. The average molecular weight is 340 g/mol. The number of nitro groups is 1. The van der Waals surface area contributed by atoms with Gasteiger partial charge < -0.3 is 4.74 Å². The number of aromatic nitrogens is 2. The summed E-state index contributed by atoms with van der Waals surface area (Å²) in [5, 5.41) is 9.88. The fourth-order valence-electron chi connectivity index (χ4n) is 1.23. The molecule has 0 bridgehead atoms. The van der Waals surface area contributed by atoms with Crippen molar-refractivity contribution in [3.63, 3.8) is 0 Å². The first kappa shape index (κ1) is 17.2. The Bertz CT molecular complexity index is 547. The summed E-state index contributed by atoms with van der Waals surface area (Å²) in [7, 11) is 0. The number of hydrogen-bond donors (Lipinski definition) is 0. The largest absolute Gasteiger partial charge is 0.450 e. The Labute approximate surface area is 116 Å². The van der Waals surface area contributed by atoms with Crippen molar-refractivity contribution in [2.75, 3.05) is 0 Å². The van der Waals surface area contributed by atoms with Crippen LogP contribution in [0.5, 0.6) is 5.88 Å². The van der Waals surface area contributed by atoms with Gasteiger partial charge in [-0.3, -0.25) is 10.1 Å². The highest BCUT2D eigenvalue weighted by molar-refractivity contribution is 6.28. The molecule has 13 heteroatoms. The maximum absolute atomic E-state index is 12.3. The van der Waals surface area contributed by atoms with Crippen molar-refractivity contribution >= 4 is 17.3 Å². The normalized spacial score (nSPS) is 12.6. The van der Waals surface area contributed by atoms with Crippen molar-refractivity contribution in [2.45, 2.75) is 25.4 Å². The summed E-state index contributed by atoms with van der Waals surface area (Å²) < 4.78 is 77.7. The smallest absolute Gasteiger partial charge is 0.434 e. The van der Waals surface area contributed by atoms with E-state index in [9.17, 15) is 36.5 Å². The predicted octanol–water partition coefficient (Wildman–Crippen LogP) is 3.22. The van der Waals surface area contributed by atoms with Crippen LogP contribution in [0.3, 0.4) is 0 Å². The Morgan fingerprint density at radius 2 is 1.67 bits per heavy atom. The van der Waals surface area contributed by atoms with Crippen molar-refractivity contribution in [2.24, 2.45) is 0 Å². The van der Waals surface area contributed by atoms with Crippen LogP contribution in [0.4, 0.5) is 32.0 Å². The highest BCUT2D eigenvalue weighted by Gasteiger charge is 2.60. The number of halogens is 7. The summed E-state index contributed by atoms with van der Waals surface area (Å²) in [4.78, 5) is 15.6. The standard InChI is InChI=1S/C8H4ClF6N3O3/c1-2-3(18(19)20)4(17-6(9)16-2)21-5(7(10,11)12)8(13,14)15/h5H,1H3. The minimum absolute atomic E-state index is 0.543. The van der Waals surface area contributed by atoms with E-state index in [1.165, 1.54) is 0 Å². The molecule has 0 fully saturated rings. The van der Waals surface area contributed by atoms with Crippen LogP contribution in [0.2, 0.25) is 5.28 Å². The van der Waals surface area contributed by atoms with E-state index < -0.39 is 45.9 Å². The lowest BCUT2D eigenvalue weighted by molar-refractivity contribution is -0.388. The molecular weight excluding hydrogens is 336 g/mol. The predicted molar refractivity (Wildman–Crippen MR) is 55.0 cm³/mol. The van der Waals surface area contributed by atoms with Gasteiger partial charge >= 0.3 is 18.0 Å². The first-order valence-electron chi connectivity index (χ1n) is 4.82. The molecule has 0 unspecified atom stereocenters. The summed E-state index contributed by atoms with van der Waals surface area (Å²) in [6.07, 6.45) is -16.0. The third kappa shape index (κ3) is 4.06. The minimum Gasteiger partial charge on any atom is -0.450 e. The van der Waals surface area contributed by atoms with Gasteiger partial charge in [0.05, 0.1) is 4.92 Å². The van der Waals surface area contributed by atoms with Gasteiger partial charge in [0.25, 0.3) is 12.0 Å². The molecule has 0 aliphatic carbocycles. The van der Waals surface area contributed by atoms with Gasteiger partial charge in [0, 0.05) is 0 Å². The Hall–Kier alpha value is -1.85. The Morgan fingerprint density at radius 3 is 2.05 bits per heavy atom. The zero-order valence-electron chi connectivity index (χ0n) is 9.79. The van der Waals surface area contributed by atoms with E-state index in [2.05, 4.69) is 14.7 Å². The molecule has 6 nitrogen and oxygen atoms in total. The van der Waals surface area contributed by atoms with E-state index in [1.807, 2.05) is 0 Å². The zero-order chi connectivity index (χ0) is 16.6. The number of alkyl halides is 6. The molecule has 0 amide bonds. The topological polar surface area (TPSA) is 78.2 Å². The molecule has 1 aromatic rings. The molecule has 0 N–H and O–H groups in total. The molecule has 1 aromatic heterocycles. The van der Waals surface area contributed by atoms with E-state index in [1.54, 1.807) is 0 Å². The molecule has 1 rings (SSSR count). The van der Waals surface area contributed by atoms with E-state index in [-0.39, 0.29) is 0 Å². The van der Waals surface area contributed by atoms with Crippen molar-refractivity contribution < 1.29 is 36.0 Å². The SMILES string of the molecule is Cc1nc(Cl)nc(OC(C(F)(F)F)C(F)(F)F)c1[N+](=O)[O-]. The van der Waals surface area contributed by atoms with Crippen LogP contribution >= 0.6 is 11.6 Å². The van der Waals surface area contributed by atoms with E-state index in [4.69, 9.17) is 11.6 Å². The van der Waals surface area contributed by atoms with E-state index in [0.29, 0.717) is 0 Å². The second-order valence-corrected chi connectivity index (χ2v) is 3.91. The highest BCUT2D eigenvalue weighted by Crippen LogP contribution is 2.39. The third-order valence-electron chi connectivity index (χ3n) is 2.01. The molecule has 118 valence electrons. The summed E-state index contributed by atoms with van der Waals surface area (Å²) >= 11 is 5.25. The van der Waals surface area contributed by atoms with Crippen LogP contribution < -0.4 is 4.74 Å². The number of ether oxygens (including phenoxy) is 1. The fraction of sp³-hybridized carbons (Fsp3) is 0.500. The van der Waals surface area contributed by atoms with E-state index in [0.717, 1.165) is 6.92 Å².